The van der Waals surface area contributed by atoms with Crippen LogP contribution in [0.25, 0.3) is 0 Å². The number of hydrogen-bond donors (Lipinski definition) is 6. The topological polar surface area (TPSA) is 175 Å². The first-order valence-corrected chi connectivity index (χ1v) is 14.5. The lowest BCUT2D eigenvalue weighted by atomic mass is 10.0. The molecule has 0 aliphatic rings. The number of esters is 2. The third-order valence-corrected chi connectivity index (χ3v) is 5.88. The summed E-state index contributed by atoms with van der Waals surface area (Å²) in [6, 6.07) is 5.06. The second kappa shape index (κ2) is 19.1. The van der Waals surface area contributed by atoms with Gasteiger partial charge < -0.3 is 41.0 Å². The van der Waals surface area contributed by atoms with Crippen LogP contribution in [0.4, 0.5) is 25.4 Å². The first-order valence-electron chi connectivity index (χ1n) is 14.1. The highest BCUT2D eigenvalue weighted by molar-refractivity contribution is 6.32. The summed E-state index contributed by atoms with van der Waals surface area (Å²) in [6.07, 6.45) is 0.902. The van der Waals surface area contributed by atoms with Crippen molar-refractivity contribution in [1.82, 2.24) is 10.6 Å². The molecule has 2 atom stereocenters. The molecule has 0 saturated heterocycles. The number of carbonyl (C=O) groups is 4. The number of benzene rings is 2. The van der Waals surface area contributed by atoms with Crippen molar-refractivity contribution in [3.8, 4) is 11.5 Å². The Kier molecular flexibility index (Phi) is 16.4. The molecular weight excluding hydrogens is 599 g/mol. The summed E-state index contributed by atoms with van der Waals surface area (Å²) in [6.45, 7) is 11.6. The maximum Gasteiger partial charge on any atom is 0.328 e. The van der Waals surface area contributed by atoms with Crippen molar-refractivity contribution in [2.24, 2.45) is 11.8 Å². The minimum Gasteiger partial charge on any atom is -0.506 e. The number of nitrogens with one attached hydrogen (secondary N) is 4. The molecule has 0 fully saturated rings. The van der Waals surface area contributed by atoms with Crippen LogP contribution in [-0.4, -0.2) is 59.5 Å². The molecule has 4 amide bonds. The fraction of sp³-hybridized carbons (Fsp3) is 0.467. The van der Waals surface area contributed by atoms with E-state index in [1.165, 1.54) is 24.3 Å². The Morgan fingerprint density at radius 3 is 1.52 bits per heavy atom. The molecule has 2 aromatic rings. The van der Waals surface area contributed by atoms with Crippen LogP contribution in [0.15, 0.2) is 36.4 Å². The van der Waals surface area contributed by atoms with Crippen LogP contribution in [-0.2, 0) is 19.1 Å². The maximum atomic E-state index is 13.2. The van der Waals surface area contributed by atoms with Crippen molar-refractivity contribution in [1.29, 1.82) is 0 Å². The fourth-order valence-corrected chi connectivity index (χ4v) is 3.86. The Balaban J connectivity index is 0.000000440. The van der Waals surface area contributed by atoms with E-state index in [0.717, 1.165) is 12.1 Å². The van der Waals surface area contributed by atoms with Gasteiger partial charge >= 0.3 is 24.0 Å². The monoisotopic (exact) mass is 640 g/mol. The van der Waals surface area contributed by atoms with E-state index in [2.05, 4.69) is 21.3 Å². The number of ether oxygens (including phenoxy) is 2. The number of phenolic OH excluding ortho intramolecular Hbond substituents is 2. The molecule has 2 aromatic carbocycles. The number of carbonyl (C=O) groups excluding carboxylic acids is 4. The SMILES string of the molecule is CCOC(=O)C(CC(C)C)NC(=O)Nc1ccc(O)c(Cl)c1.CCOC(=O)C(CC(C)C)NC(=O)Nc1ccc(O)c(F)c1. The highest BCUT2D eigenvalue weighted by atomic mass is 35.5. The average molecular weight is 641 g/mol. The molecular formula is C30H42ClFN4O8. The van der Waals surface area contributed by atoms with E-state index in [4.69, 9.17) is 26.2 Å². The van der Waals surface area contributed by atoms with Crippen molar-refractivity contribution in [3.63, 3.8) is 0 Å². The maximum absolute atomic E-state index is 13.2. The van der Waals surface area contributed by atoms with Gasteiger partial charge in [0, 0.05) is 17.4 Å². The molecule has 0 aromatic heterocycles. The molecule has 0 aliphatic carbocycles. The smallest absolute Gasteiger partial charge is 0.328 e. The number of phenols is 2. The van der Waals surface area contributed by atoms with E-state index in [9.17, 15) is 28.7 Å². The van der Waals surface area contributed by atoms with Gasteiger partial charge in [-0.2, -0.15) is 0 Å². The minimum atomic E-state index is -0.845. The lowest BCUT2D eigenvalue weighted by Gasteiger charge is -2.19. The van der Waals surface area contributed by atoms with E-state index < -0.39 is 47.7 Å². The third-order valence-electron chi connectivity index (χ3n) is 5.58. The zero-order chi connectivity index (χ0) is 33.4. The van der Waals surface area contributed by atoms with Crippen LogP contribution >= 0.6 is 11.6 Å². The fourth-order valence-electron chi connectivity index (χ4n) is 3.68. The number of urea groups is 2. The summed E-state index contributed by atoms with van der Waals surface area (Å²) in [7, 11) is 0. The molecule has 2 unspecified atom stereocenters. The van der Waals surface area contributed by atoms with Crippen LogP contribution in [0.5, 0.6) is 11.5 Å². The second-order valence-electron chi connectivity index (χ2n) is 10.4. The van der Waals surface area contributed by atoms with Crippen molar-refractivity contribution in [2.45, 2.75) is 66.5 Å². The molecule has 2 rings (SSSR count). The molecule has 0 spiro atoms. The number of amides is 4. The molecule has 0 bridgehead atoms. The van der Waals surface area contributed by atoms with Crippen LogP contribution in [0.3, 0.4) is 0 Å². The summed E-state index contributed by atoms with van der Waals surface area (Å²) in [5.41, 5.74) is 0.576. The van der Waals surface area contributed by atoms with Gasteiger partial charge in [-0.3, -0.25) is 0 Å². The summed E-state index contributed by atoms with van der Waals surface area (Å²) >= 11 is 5.77. The van der Waals surface area contributed by atoms with E-state index in [0.29, 0.717) is 18.5 Å². The van der Waals surface area contributed by atoms with E-state index >= 15 is 0 Å². The first-order chi connectivity index (χ1) is 20.7. The van der Waals surface area contributed by atoms with Gasteiger partial charge in [-0.15, -0.1) is 0 Å². The zero-order valence-corrected chi connectivity index (χ0v) is 26.5. The Labute approximate surface area is 261 Å². The van der Waals surface area contributed by atoms with Crippen molar-refractivity contribution >= 4 is 47.0 Å². The van der Waals surface area contributed by atoms with Crippen LogP contribution < -0.4 is 21.3 Å². The summed E-state index contributed by atoms with van der Waals surface area (Å²) in [5.74, 6) is -1.99. The number of aromatic hydroxyl groups is 2. The van der Waals surface area contributed by atoms with Crippen LogP contribution in [0, 0.1) is 17.7 Å². The predicted molar refractivity (Wildman–Crippen MR) is 165 cm³/mol. The van der Waals surface area contributed by atoms with Crippen LogP contribution in [0.2, 0.25) is 5.02 Å². The number of hydrogen-bond acceptors (Lipinski definition) is 8. The van der Waals surface area contributed by atoms with Gasteiger partial charge in [0.2, 0.25) is 0 Å². The quantitative estimate of drug-likeness (QED) is 0.125. The standard InChI is InChI=1S/C15H21ClN2O4.C15H21FN2O4/c2*1-4-22-14(20)12(7-9(2)3)18-15(21)17-10-5-6-13(19)11(16)8-10/h2*5-6,8-9,12,19H,4,7H2,1-3H3,(H2,17,18,21). The van der Waals surface area contributed by atoms with Gasteiger partial charge in [-0.25, -0.2) is 23.6 Å². The van der Waals surface area contributed by atoms with Crippen molar-refractivity contribution in [3.05, 3.63) is 47.2 Å². The van der Waals surface area contributed by atoms with Crippen LogP contribution in [0.1, 0.15) is 54.4 Å². The molecule has 244 valence electrons. The lowest BCUT2D eigenvalue weighted by Crippen LogP contribution is -2.44. The lowest BCUT2D eigenvalue weighted by molar-refractivity contribution is -0.146. The molecule has 12 nitrogen and oxygen atoms in total. The molecule has 0 aliphatic heterocycles. The normalized spacial score (nSPS) is 11.9. The predicted octanol–water partition coefficient (Wildman–Crippen LogP) is 5.78. The van der Waals surface area contributed by atoms with Crippen molar-refractivity contribution in [2.75, 3.05) is 23.8 Å². The molecule has 0 radical (unpaired) electrons. The van der Waals surface area contributed by atoms with Crippen molar-refractivity contribution < 1.29 is 43.3 Å². The highest BCUT2D eigenvalue weighted by Gasteiger charge is 2.24. The van der Waals surface area contributed by atoms with Gasteiger partial charge in [0.1, 0.15) is 17.8 Å². The Morgan fingerprint density at radius 2 is 1.16 bits per heavy atom. The van der Waals surface area contributed by atoms with E-state index in [1.807, 2.05) is 27.7 Å². The molecule has 44 heavy (non-hydrogen) atoms. The third kappa shape index (κ3) is 14.3. The molecule has 0 heterocycles. The van der Waals surface area contributed by atoms with Gasteiger partial charge in [0.15, 0.2) is 11.6 Å². The van der Waals surface area contributed by atoms with Gasteiger partial charge in [-0.05, 0) is 68.9 Å². The largest absolute Gasteiger partial charge is 0.506 e. The minimum absolute atomic E-state index is 0.0724. The molecule has 14 heteroatoms. The summed E-state index contributed by atoms with van der Waals surface area (Å²) in [4.78, 5) is 47.5. The zero-order valence-electron chi connectivity index (χ0n) is 25.7. The second-order valence-corrected chi connectivity index (χ2v) is 10.8. The molecule has 6 N–H and O–H groups in total. The average Bonchev–Trinajstić information content (AvgIpc) is 2.92. The highest BCUT2D eigenvalue weighted by Crippen LogP contribution is 2.26. The van der Waals surface area contributed by atoms with E-state index in [1.54, 1.807) is 13.8 Å². The Hall–Kier alpha value is -4.26. The summed E-state index contributed by atoms with van der Waals surface area (Å²) in [5, 5.41) is 28.6. The van der Waals surface area contributed by atoms with E-state index in [-0.39, 0.29) is 41.5 Å². The Morgan fingerprint density at radius 1 is 0.750 bits per heavy atom. The van der Waals surface area contributed by atoms with Gasteiger partial charge in [0.05, 0.1) is 18.2 Å². The number of halogens is 2. The Bertz CT molecular complexity index is 1170. The van der Waals surface area contributed by atoms with Gasteiger partial charge in [0.25, 0.3) is 0 Å². The number of rotatable bonds is 12. The number of anilines is 2. The molecule has 0 saturated carbocycles. The summed E-state index contributed by atoms with van der Waals surface area (Å²) < 4.78 is 23.1. The van der Waals surface area contributed by atoms with Gasteiger partial charge in [-0.1, -0.05) is 39.3 Å². The first kappa shape index (κ1) is 37.8.